The Labute approximate surface area is 237 Å². The quantitative estimate of drug-likeness (QED) is 0.225. The van der Waals surface area contributed by atoms with Crippen LogP contribution >= 0.6 is 0 Å². The summed E-state index contributed by atoms with van der Waals surface area (Å²) in [4.78, 5) is 23.0. The van der Waals surface area contributed by atoms with Gasteiger partial charge in [0.2, 0.25) is 0 Å². The van der Waals surface area contributed by atoms with E-state index in [-0.39, 0.29) is 34.0 Å². The molecule has 0 fully saturated rings. The molecule has 0 amide bonds. The van der Waals surface area contributed by atoms with Crippen LogP contribution in [0.4, 0.5) is 4.39 Å². The number of hydrogen-bond donors (Lipinski definition) is 0. The average molecular weight is 571 g/mol. The molecule has 0 atom stereocenters. The van der Waals surface area contributed by atoms with E-state index in [1.807, 2.05) is 53.7 Å². The van der Waals surface area contributed by atoms with Crippen LogP contribution in [0.3, 0.4) is 0 Å². The molecule has 0 aliphatic rings. The normalized spacial score (nSPS) is 11.8. The number of hydrogen-bond acceptors (Lipinski definition) is 6. The molecule has 0 saturated heterocycles. The van der Waals surface area contributed by atoms with E-state index in [1.165, 1.54) is 26.0 Å². The van der Waals surface area contributed by atoms with Crippen LogP contribution in [-0.4, -0.2) is 33.3 Å². The first kappa shape index (κ1) is 32.7. The van der Waals surface area contributed by atoms with Gasteiger partial charge in [-0.2, -0.15) is 8.42 Å². The Morgan fingerprint density at radius 1 is 0.725 bits per heavy atom. The van der Waals surface area contributed by atoms with Gasteiger partial charge in [-0.25, -0.2) is 4.39 Å². The molecule has 3 aromatic rings. The molecule has 3 aromatic carbocycles. The molecular weight excluding hydrogens is 531 g/mol. The topological polar surface area (TPSA) is 86.7 Å². The number of rotatable bonds is 6. The molecule has 0 heterocycles. The molecule has 0 radical (unpaired) electrons. The molecule has 40 heavy (non-hydrogen) atoms. The minimum Gasteiger partial charge on any atom is -0.497 e. The number of carbonyl (C=O) groups excluding carboxylic acids is 2. The molecule has 0 saturated carbocycles. The summed E-state index contributed by atoms with van der Waals surface area (Å²) in [6.45, 7) is 15.0. The first-order valence-corrected chi connectivity index (χ1v) is 14.6. The van der Waals surface area contributed by atoms with E-state index in [4.69, 9.17) is 8.92 Å². The second-order valence-corrected chi connectivity index (χ2v) is 13.3. The molecule has 0 spiro atoms. The maximum atomic E-state index is 14.3. The van der Waals surface area contributed by atoms with Crippen LogP contribution in [0.5, 0.6) is 11.5 Å². The monoisotopic (exact) mass is 570 g/mol. The number of methoxy groups -OCH3 is 1. The summed E-state index contributed by atoms with van der Waals surface area (Å²) in [6.07, 6.45) is 0.998. The highest BCUT2D eigenvalue weighted by Crippen LogP contribution is 2.37. The van der Waals surface area contributed by atoms with Gasteiger partial charge in [0.05, 0.1) is 13.4 Å². The lowest BCUT2D eigenvalue weighted by Gasteiger charge is -2.24. The van der Waals surface area contributed by atoms with Crippen LogP contribution in [0.25, 0.3) is 11.1 Å². The fourth-order valence-corrected chi connectivity index (χ4v) is 4.50. The van der Waals surface area contributed by atoms with E-state index in [2.05, 4.69) is 0 Å². The third kappa shape index (κ3) is 8.74. The van der Waals surface area contributed by atoms with Gasteiger partial charge >= 0.3 is 10.1 Å². The Bertz CT molecular complexity index is 1510. The minimum absolute atomic E-state index is 0.00293. The zero-order valence-corrected chi connectivity index (χ0v) is 25.7. The van der Waals surface area contributed by atoms with Crippen LogP contribution in [0.15, 0.2) is 54.6 Å². The number of ether oxygens (including phenoxy) is 1. The van der Waals surface area contributed by atoms with Crippen molar-refractivity contribution in [3.63, 3.8) is 0 Å². The van der Waals surface area contributed by atoms with E-state index in [0.717, 1.165) is 17.4 Å². The van der Waals surface area contributed by atoms with E-state index >= 15 is 0 Å². The largest absolute Gasteiger partial charge is 0.497 e. The maximum absolute atomic E-state index is 14.3. The van der Waals surface area contributed by atoms with Crippen molar-refractivity contribution < 1.29 is 31.3 Å². The Morgan fingerprint density at radius 2 is 1.23 bits per heavy atom. The van der Waals surface area contributed by atoms with E-state index in [0.29, 0.717) is 28.0 Å². The highest BCUT2D eigenvalue weighted by atomic mass is 32.2. The van der Waals surface area contributed by atoms with Crippen molar-refractivity contribution in [3.05, 3.63) is 82.7 Å². The van der Waals surface area contributed by atoms with E-state index in [1.54, 1.807) is 37.4 Å². The minimum atomic E-state index is -3.58. The molecule has 6 nitrogen and oxygen atoms in total. The number of halogens is 1. The van der Waals surface area contributed by atoms with E-state index < -0.39 is 10.1 Å². The van der Waals surface area contributed by atoms with Crippen molar-refractivity contribution >= 4 is 21.7 Å². The van der Waals surface area contributed by atoms with Gasteiger partial charge in [0.15, 0.2) is 11.6 Å². The van der Waals surface area contributed by atoms with Gasteiger partial charge in [0.25, 0.3) is 0 Å². The number of benzene rings is 3. The highest BCUT2D eigenvalue weighted by molar-refractivity contribution is 7.86. The van der Waals surface area contributed by atoms with Crippen molar-refractivity contribution in [2.45, 2.75) is 66.2 Å². The SMILES string of the molecule is CC(=O)c1ccc(OS(C)(=O)=O)c(C(C)(C)C)c1.COc1ccc(F)c(-c2ccc(C(C)=O)cc2C(C)(C)C)c1. The summed E-state index contributed by atoms with van der Waals surface area (Å²) < 4.78 is 46.9. The standard InChI is InChI=1S/C19H21FO2.C13H18O4S/c1-12(21)13-6-8-15(17(10-13)19(2,3)4)16-11-14(22-5)7-9-18(16)20;1-9(14)10-6-7-12(17-18(5,15)16)11(8-10)13(2,3)4/h6-11H,1-5H3;6-8H,1-5H3. The number of ketones is 2. The number of Topliss-reactive ketones (excluding diaryl/α,β-unsaturated/α-hetero) is 2. The van der Waals surface area contributed by atoms with Crippen LogP contribution in [0.1, 0.15) is 87.2 Å². The van der Waals surface area contributed by atoms with Gasteiger partial charge in [-0.1, -0.05) is 53.7 Å². The lowest BCUT2D eigenvalue weighted by atomic mass is 9.80. The fraction of sp³-hybridized carbons (Fsp3) is 0.375. The predicted molar refractivity (Wildman–Crippen MR) is 158 cm³/mol. The van der Waals surface area contributed by atoms with Crippen molar-refractivity contribution in [2.75, 3.05) is 13.4 Å². The van der Waals surface area contributed by atoms with Gasteiger partial charge < -0.3 is 8.92 Å². The molecule has 0 aromatic heterocycles. The molecule has 0 unspecified atom stereocenters. The molecular formula is C32H39FO6S. The summed E-state index contributed by atoms with van der Waals surface area (Å²) >= 11 is 0. The average Bonchev–Trinajstić information content (AvgIpc) is 2.82. The molecule has 0 aliphatic carbocycles. The zero-order valence-electron chi connectivity index (χ0n) is 24.9. The molecule has 0 bridgehead atoms. The van der Waals surface area contributed by atoms with Gasteiger partial charge in [-0.3, -0.25) is 9.59 Å². The third-order valence-corrected chi connectivity index (χ3v) is 6.62. The molecule has 0 N–H and O–H groups in total. The lowest BCUT2D eigenvalue weighted by molar-refractivity contribution is 0.100. The van der Waals surface area contributed by atoms with Crippen LogP contribution in [-0.2, 0) is 20.9 Å². The molecule has 216 valence electrons. The first-order valence-electron chi connectivity index (χ1n) is 12.8. The maximum Gasteiger partial charge on any atom is 0.306 e. The summed E-state index contributed by atoms with van der Waals surface area (Å²) in [6, 6.07) is 14.9. The van der Waals surface area contributed by atoms with Crippen LogP contribution < -0.4 is 8.92 Å². The van der Waals surface area contributed by atoms with Crippen molar-refractivity contribution in [1.29, 1.82) is 0 Å². The lowest BCUT2D eigenvalue weighted by Crippen LogP contribution is -2.16. The first-order chi connectivity index (χ1) is 18.2. The van der Waals surface area contributed by atoms with Crippen molar-refractivity contribution in [2.24, 2.45) is 0 Å². The van der Waals surface area contributed by atoms with Gasteiger partial charge in [-0.15, -0.1) is 0 Å². The van der Waals surface area contributed by atoms with Gasteiger partial charge in [0.1, 0.15) is 17.3 Å². The molecule has 0 aliphatic heterocycles. The van der Waals surface area contributed by atoms with E-state index in [9.17, 15) is 22.4 Å². The van der Waals surface area contributed by atoms with Crippen LogP contribution in [0, 0.1) is 5.82 Å². The third-order valence-electron chi connectivity index (χ3n) is 6.13. The van der Waals surface area contributed by atoms with Gasteiger partial charge in [0, 0.05) is 22.3 Å². The summed E-state index contributed by atoms with van der Waals surface area (Å²) in [5.41, 5.74) is 3.56. The molecule has 3 rings (SSSR count). The molecule has 8 heteroatoms. The summed E-state index contributed by atoms with van der Waals surface area (Å²) in [5.74, 6) is 0.512. The Hall–Kier alpha value is -3.52. The summed E-state index contributed by atoms with van der Waals surface area (Å²) in [7, 11) is -2.02. The predicted octanol–water partition coefficient (Wildman–Crippen LogP) is 7.53. The zero-order chi connectivity index (χ0) is 30.6. The Morgan fingerprint density at radius 3 is 1.68 bits per heavy atom. The van der Waals surface area contributed by atoms with Crippen molar-refractivity contribution in [1.82, 2.24) is 0 Å². The summed E-state index contributed by atoms with van der Waals surface area (Å²) in [5, 5.41) is 0. The second kappa shape index (κ2) is 12.3. The van der Waals surface area contributed by atoms with Crippen molar-refractivity contribution in [3.8, 4) is 22.6 Å². The van der Waals surface area contributed by atoms with Gasteiger partial charge in [-0.05, 0) is 78.3 Å². The highest BCUT2D eigenvalue weighted by Gasteiger charge is 2.23. The Balaban J connectivity index is 0.000000286. The second-order valence-electron chi connectivity index (χ2n) is 11.7. The fourth-order valence-electron chi connectivity index (χ4n) is 4.03. The van der Waals surface area contributed by atoms with Crippen LogP contribution in [0.2, 0.25) is 0 Å². The smallest absolute Gasteiger partial charge is 0.306 e. The number of carbonyl (C=O) groups is 2. The Kier molecular flexibility index (Phi) is 10.1.